The molecule has 14 heavy (non-hydrogen) atoms. The fourth-order valence-electron chi connectivity index (χ4n) is 2.52. The third-order valence-corrected chi connectivity index (χ3v) is 3.74. The zero-order valence-electron chi connectivity index (χ0n) is 8.95. The maximum absolute atomic E-state index is 5.95. The first kappa shape index (κ1) is 9.78. The summed E-state index contributed by atoms with van der Waals surface area (Å²) in [5, 5.41) is 0. The van der Waals surface area contributed by atoms with Gasteiger partial charge in [-0.3, -0.25) is 0 Å². The van der Waals surface area contributed by atoms with Gasteiger partial charge in [0.15, 0.2) is 0 Å². The van der Waals surface area contributed by atoms with Crippen molar-refractivity contribution < 1.29 is 0 Å². The molecule has 1 saturated carbocycles. The monoisotopic (exact) mass is 192 g/mol. The van der Waals surface area contributed by atoms with E-state index in [2.05, 4.69) is 36.0 Å². The Bertz CT molecular complexity index is 269. The zero-order chi connectivity index (χ0) is 10.0. The van der Waals surface area contributed by atoms with E-state index in [0.29, 0.717) is 0 Å². The van der Waals surface area contributed by atoms with E-state index in [-0.39, 0.29) is 5.54 Å². The molecule has 2 rings (SSSR count). The summed E-state index contributed by atoms with van der Waals surface area (Å²) in [4.78, 5) is 0. The van der Waals surface area contributed by atoms with Gasteiger partial charge in [-0.05, 0) is 43.7 Å². The first-order valence-electron chi connectivity index (χ1n) is 5.60. The smallest absolute Gasteiger partial charge is 0.0561 e. The van der Waals surface area contributed by atoms with Crippen molar-refractivity contribution in [3.63, 3.8) is 0 Å². The Morgan fingerprint density at radius 3 is 2.36 bits per heavy atom. The average molecular weight is 192 g/mol. The first-order valence-corrected chi connectivity index (χ1v) is 5.60. The standard InChI is InChI=1S/C12H20N2/c1-11-4-6-12(10-13,7-5-11)14-8-2-3-9-14/h2-3,8-9,11H,4-7,10,13H2,1H3. The van der Waals surface area contributed by atoms with Crippen LogP contribution in [-0.4, -0.2) is 11.1 Å². The molecule has 0 atom stereocenters. The molecule has 0 bridgehead atoms. The lowest BCUT2D eigenvalue weighted by molar-refractivity contribution is 0.169. The molecule has 78 valence electrons. The highest BCUT2D eigenvalue weighted by molar-refractivity contribution is 5.01. The van der Waals surface area contributed by atoms with Crippen molar-refractivity contribution in [2.75, 3.05) is 6.54 Å². The van der Waals surface area contributed by atoms with E-state index in [1.165, 1.54) is 25.7 Å². The Morgan fingerprint density at radius 1 is 1.29 bits per heavy atom. The predicted octanol–water partition coefficient (Wildman–Crippen LogP) is 2.35. The van der Waals surface area contributed by atoms with E-state index in [1.807, 2.05) is 0 Å². The number of hydrogen-bond donors (Lipinski definition) is 1. The highest BCUT2D eigenvalue weighted by Crippen LogP contribution is 2.36. The van der Waals surface area contributed by atoms with Crippen molar-refractivity contribution in [1.29, 1.82) is 0 Å². The van der Waals surface area contributed by atoms with Gasteiger partial charge in [-0.25, -0.2) is 0 Å². The van der Waals surface area contributed by atoms with Crippen LogP contribution >= 0.6 is 0 Å². The van der Waals surface area contributed by atoms with Crippen LogP contribution in [0.3, 0.4) is 0 Å². The average Bonchev–Trinajstić information content (AvgIpc) is 2.73. The van der Waals surface area contributed by atoms with E-state index >= 15 is 0 Å². The highest BCUT2D eigenvalue weighted by Gasteiger charge is 2.33. The number of hydrogen-bond acceptors (Lipinski definition) is 1. The Balaban J connectivity index is 2.19. The minimum atomic E-state index is 0.218. The SMILES string of the molecule is CC1CCC(CN)(n2cccc2)CC1. The Morgan fingerprint density at radius 2 is 1.86 bits per heavy atom. The fraction of sp³-hybridized carbons (Fsp3) is 0.667. The number of rotatable bonds is 2. The van der Waals surface area contributed by atoms with E-state index < -0.39 is 0 Å². The Kier molecular flexibility index (Phi) is 2.64. The van der Waals surface area contributed by atoms with Crippen molar-refractivity contribution in [2.45, 2.75) is 38.1 Å². The third kappa shape index (κ3) is 1.59. The van der Waals surface area contributed by atoms with E-state index in [4.69, 9.17) is 5.73 Å². The van der Waals surface area contributed by atoms with Gasteiger partial charge in [0.25, 0.3) is 0 Å². The quantitative estimate of drug-likeness (QED) is 0.766. The summed E-state index contributed by atoms with van der Waals surface area (Å²) < 4.78 is 2.32. The molecule has 1 aromatic heterocycles. The van der Waals surface area contributed by atoms with Gasteiger partial charge >= 0.3 is 0 Å². The molecule has 0 aromatic carbocycles. The van der Waals surface area contributed by atoms with E-state index in [9.17, 15) is 0 Å². The lowest BCUT2D eigenvalue weighted by Crippen LogP contribution is -2.43. The van der Waals surface area contributed by atoms with Gasteiger partial charge in [-0.2, -0.15) is 0 Å². The van der Waals surface area contributed by atoms with Crippen LogP contribution in [-0.2, 0) is 5.54 Å². The number of nitrogens with two attached hydrogens (primary N) is 1. The molecule has 1 aromatic rings. The van der Waals surface area contributed by atoms with Crippen LogP contribution in [0.15, 0.2) is 24.5 Å². The molecule has 0 amide bonds. The van der Waals surface area contributed by atoms with Gasteiger partial charge in [0.2, 0.25) is 0 Å². The van der Waals surface area contributed by atoms with Gasteiger partial charge in [-0.1, -0.05) is 6.92 Å². The fourth-order valence-corrected chi connectivity index (χ4v) is 2.52. The van der Waals surface area contributed by atoms with E-state index in [1.54, 1.807) is 0 Å². The summed E-state index contributed by atoms with van der Waals surface area (Å²) in [7, 11) is 0. The molecule has 1 fully saturated rings. The van der Waals surface area contributed by atoms with Crippen LogP contribution in [0.1, 0.15) is 32.6 Å². The largest absolute Gasteiger partial charge is 0.347 e. The molecule has 0 saturated heterocycles. The summed E-state index contributed by atoms with van der Waals surface area (Å²) >= 11 is 0. The second kappa shape index (κ2) is 3.77. The lowest BCUT2D eigenvalue weighted by Gasteiger charge is -2.40. The number of aromatic nitrogens is 1. The molecule has 2 heteroatoms. The van der Waals surface area contributed by atoms with Crippen LogP contribution in [0.2, 0.25) is 0 Å². The molecule has 0 radical (unpaired) electrons. The van der Waals surface area contributed by atoms with Gasteiger partial charge in [-0.15, -0.1) is 0 Å². The van der Waals surface area contributed by atoms with Crippen LogP contribution in [0.5, 0.6) is 0 Å². The summed E-state index contributed by atoms with van der Waals surface area (Å²) in [5.41, 5.74) is 6.17. The molecule has 1 heterocycles. The van der Waals surface area contributed by atoms with Crippen molar-refractivity contribution in [3.05, 3.63) is 24.5 Å². The van der Waals surface area contributed by atoms with Gasteiger partial charge in [0, 0.05) is 18.9 Å². The molecule has 1 aliphatic rings. The summed E-state index contributed by atoms with van der Waals surface area (Å²) in [6, 6.07) is 4.19. The van der Waals surface area contributed by atoms with Gasteiger partial charge in [0.1, 0.15) is 0 Å². The second-order valence-electron chi connectivity index (χ2n) is 4.70. The summed E-state index contributed by atoms with van der Waals surface area (Å²) in [6.07, 6.45) is 9.41. The van der Waals surface area contributed by atoms with Crippen molar-refractivity contribution in [2.24, 2.45) is 11.7 Å². The number of nitrogens with zero attached hydrogens (tertiary/aromatic N) is 1. The van der Waals surface area contributed by atoms with Gasteiger partial charge in [0.05, 0.1) is 5.54 Å². The zero-order valence-corrected chi connectivity index (χ0v) is 8.95. The molecule has 1 aliphatic carbocycles. The minimum Gasteiger partial charge on any atom is -0.347 e. The Labute approximate surface area is 86.1 Å². The van der Waals surface area contributed by atoms with Gasteiger partial charge < -0.3 is 10.3 Å². The lowest BCUT2D eigenvalue weighted by atomic mass is 9.77. The van der Waals surface area contributed by atoms with Crippen LogP contribution < -0.4 is 5.73 Å². The molecule has 0 aliphatic heterocycles. The Hall–Kier alpha value is -0.760. The molecule has 2 N–H and O–H groups in total. The molecular formula is C12H20N2. The topological polar surface area (TPSA) is 30.9 Å². The maximum Gasteiger partial charge on any atom is 0.0561 e. The van der Waals surface area contributed by atoms with Crippen molar-refractivity contribution in [1.82, 2.24) is 4.57 Å². The van der Waals surface area contributed by atoms with Crippen molar-refractivity contribution >= 4 is 0 Å². The molecular weight excluding hydrogens is 172 g/mol. The minimum absolute atomic E-state index is 0.218. The van der Waals surface area contributed by atoms with Crippen LogP contribution in [0, 0.1) is 5.92 Å². The first-order chi connectivity index (χ1) is 6.77. The maximum atomic E-state index is 5.95. The predicted molar refractivity (Wildman–Crippen MR) is 59.1 cm³/mol. The molecule has 0 unspecified atom stereocenters. The van der Waals surface area contributed by atoms with Crippen LogP contribution in [0.4, 0.5) is 0 Å². The normalized spacial score (nSPS) is 33.1. The molecule has 0 spiro atoms. The van der Waals surface area contributed by atoms with E-state index in [0.717, 1.165) is 12.5 Å². The third-order valence-electron chi connectivity index (χ3n) is 3.74. The highest BCUT2D eigenvalue weighted by atomic mass is 15.1. The summed E-state index contributed by atoms with van der Waals surface area (Å²) in [5.74, 6) is 0.880. The second-order valence-corrected chi connectivity index (χ2v) is 4.70. The van der Waals surface area contributed by atoms with Crippen LogP contribution in [0.25, 0.3) is 0 Å². The molecule has 2 nitrogen and oxygen atoms in total. The van der Waals surface area contributed by atoms with Crippen molar-refractivity contribution in [3.8, 4) is 0 Å². The summed E-state index contributed by atoms with van der Waals surface area (Å²) in [6.45, 7) is 3.12.